The highest BCUT2D eigenvalue weighted by Crippen LogP contribution is 2.23. The lowest BCUT2D eigenvalue weighted by Gasteiger charge is -2.36. The van der Waals surface area contributed by atoms with Crippen molar-refractivity contribution in [1.82, 2.24) is 25.4 Å². The van der Waals surface area contributed by atoms with Gasteiger partial charge in [0, 0.05) is 63.4 Å². The van der Waals surface area contributed by atoms with Gasteiger partial charge in [0.2, 0.25) is 0 Å². The van der Waals surface area contributed by atoms with Crippen LogP contribution in [0.1, 0.15) is 42.5 Å². The van der Waals surface area contributed by atoms with E-state index in [1.165, 1.54) is 5.56 Å². The van der Waals surface area contributed by atoms with Crippen LogP contribution in [0.2, 0.25) is 0 Å². The lowest BCUT2D eigenvalue weighted by molar-refractivity contribution is 0.169. The van der Waals surface area contributed by atoms with Crippen molar-refractivity contribution >= 4 is 5.96 Å². The summed E-state index contributed by atoms with van der Waals surface area (Å²) in [5.74, 6) is 2.15. The maximum atomic E-state index is 5.30. The van der Waals surface area contributed by atoms with E-state index in [9.17, 15) is 0 Å². The van der Waals surface area contributed by atoms with Gasteiger partial charge >= 0.3 is 0 Å². The fraction of sp³-hybridized carbons (Fsp3) is 0.632. The van der Waals surface area contributed by atoms with Crippen molar-refractivity contribution in [1.29, 1.82) is 0 Å². The topological polar surface area (TPSA) is 82.9 Å². The third kappa shape index (κ3) is 4.88. The zero-order valence-electron chi connectivity index (χ0n) is 16.7. The summed E-state index contributed by atoms with van der Waals surface area (Å²) in [5.41, 5.74) is 3.12. The van der Waals surface area contributed by atoms with Crippen molar-refractivity contribution in [2.75, 3.05) is 39.3 Å². The quantitative estimate of drug-likeness (QED) is 0.613. The van der Waals surface area contributed by atoms with E-state index in [1.807, 2.05) is 19.9 Å². The predicted molar refractivity (Wildman–Crippen MR) is 104 cm³/mol. The second-order valence-corrected chi connectivity index (χ2v) is 7.09. The Morgan fingerprint density at radius 3 is 2.63 bits per heavy atom. The highest BCUT2D eigenvalue weighted by molar-refractivity contribution is 5.80. The number of rotatable bonds is 6. The molecule has 3 heterocycles. The van der Waals surface area contributed by atoms with E-state index in [2.05, 4.69) is 39.3 Å². The minimum atomic E-state index is 0.276. The summed E-state index contributed by atoms with van der Waals surface area (Å²) >= 11 is 0. The number of guanidine groups is 1. The lowest BCUT2D eigenvalue weighted by Crippen LogP contribution is -2.52. The largest absolute Gasteiger partial charge is 0.364 e. The van der Waals surface area contributed by atoms with Gasteiger partial charge in [-0.05, 0) is 20.8 Å². The molecule has 1 saturated heterocycles. The monoisotopic (exact) mass is 374 g/mol. The summed E-state index contributed by atoms with van der Waals surface area (Å²) < 4.78 is 10.2. The van der Waals surface area contributed by atoms with Crippen LogP contribution in [0.5, 0.6) is 0 Å². The molecule has 1 aliphatic heterocycles. The molecule has 1 aliphatic rings. The van der Waals surface area contributed by atoms with Crippen molar-refractivity contribution in [2.45, 2.75) is 40.2 Å². The van der Waals surface area contributed by atoms with Gasteiger partial charge in [0.1, 0.15) is 12.0 Å². The fourth-order valence-corrected chi connectivity index (χ4v) is 3.60. The molecular weight excluding hydrogens is 344 g/mol. The molecule has 27 heavy (non-hydrogen) atoms. The van der Waals surface area contributed by atoms with E-state index in [0.29, 0.717) is 6.54 Å². The number of nitrogens with zero attached hydrogens (tertiary/aromatic N) is 5. The highest BCUT2D eigenvalue weighted by atomic mass is 16.5. The van der Waals surface area contributed by atoms with Crippen LogP contribution >= 0.6 is 0 Å². The zero-order chi connectivity index (χ0) is 19.2. The zero-order valence-corrected chi connectivity index (χ0v) is 16.7. The predicted octanol–water partition coefficient (Wildman–Crippen LogP) is 2.17. The van der Waals surface area contributed by atoms with Crippen LogP contribution in [0.15, 0.2) is 26.4 Å². The second-order valence-electron chi connectivity index (χ2n) is 7.09. The first-order chi connectivity index (χ1) is 13.1. The Balaban J connectivity index is 1.57. The molecule has 1 unspecified atom stereocenters. The van der Waals surface area contributed by atoms with Gasteiger partial charge in [0.25, 0.3) is 0 Å². The Bertz CT molecular complexity index is 712. The average molecular weight is 374 g/mol. The van der Waals surface area contributed by atoms with E-state index in [4.69, 9.17) is 14.0 Å². The first kappa shape index (κ1) is 19.4. The van der Waals surface area contributed by atoms with E-state index in [0.717, 1.165) is 62.4 Å². The molecule has 1 fully saturated rings. The number of hydrogen-bond acceptors (Lipinski definition) is 6. The van der Waals surface area contributed by atoms with Crippen LogP contribution in [0.4, 0.5) is 0 Å². The molecule has 8 nitrogen and oxygen atoms in total. The van der Waals surface area contributed by atoms with Gasteiger partial charge in [-0.25, -0.2) is 0 Å². The number of aliphatic imine (C=N–C) groups is 1. The summed E-state index contributed by atoms with van der Waals surface area (Å²) in [6.45, 7) is 14.5. The molecule has 3 rings (SSSR count). The van der Waals surface area contributed by atoms with Crippen LogP contribution in [0, 0.1) is 13.8 Å². The van der Waals surface area contributed by atoms with Crippen LogP contribution in [0.3, 0.4) is 0 Å². The molecule has 2 aromatic heterocycles. The molecule has 0 aliphatic carbocycles. The SMILES string of the molecule is CCNC(=NCC(C)c1c(C)noc1C)N1CCN(Cc2ccon2)CC1. The highest BCUT2D eigenvalue weighted by Gasteiger charge is 2.21. The van der Waals surface area contributed by atoms with E-state index in [-0.39, 0.29) is 5.92 Å². The summed E-state index contributed by atoms with van der Waals surface area (Å²) in [5, 5.41) is 11.5. The van der Waals surface area contributed by atoms with E-state index < -0.39 is 0 Å². The molecule has 1 atom stereocenters. The number of piperazine rings is 1. The maximum absolute atomic E-state index is 5.30. The molecule has 0 amide bonds. The first-order valence-corrected chi connectivity index (χ1v) is 9.66. The Labute approximate surface area is 160 Å². The number of aromatic nitrogens is 2. The van der Waals surface area contributed by atoms with Crippen molar-refractivity contribution < 1.29 is 9.05 Å². The molecule has 8 heteroatoms. The minimum absolute atomic E-state index is 0.276. The van der Waals surface area contributed by atoms with E-state index >= 15 is 0 Å². The summed E-state index contributed by atoms with van der Waals surface area (Å²) in [4.78, 5) is 9.62. The van der Waals surface area contributed by atoms with Gasteiger partial charge < -0.3 is 19.3 Å². The number of hydrogen-bond donors (Lipinski definition) is 1. The molecule has 148 valence electrons. The van der Waals surface area contributed by atoms with Gasteiger partial charge in [0.15, 0.2) is 5.96 Å². The lowest BCUT2D eigenvalue weighted by atomic mass is 10.00. The second kappa shape index (κ2) is 9.03. The molecule has 0 bridgehead atoms. The van der Waals surface area contributed by atoms with Crippen molar-refractivity contribution in [3.05, 3.63) is 35.0 Å². The van der Waals surface area contributed by atoms with Gasteiger partial charge in [-0.15, -0.1) is 0 Å². The number of aryl methyl sites for hydroxylation is 2. The molecule has 0 spiro atoms. The van der Waals surface area contributed by atoms with Crippen LogP contribution in [-0.2, 0) is 6.54 Å². The number of nitrogens with one attached hydrogen (secondary N) is 1. The Hall–Kier alpha value is -2.35. The molecular formula is C19H30N6O2. The summed E-state index contributed by atoms with van der Waals surface area (Å²) in [7, 11) is 0. The third-order valence-electron chi connectivity index (χ3n) is 4.98. The van der Waals surface area contributed by atoms with Gasteiger partial charge in [0.05, 0.1) is 11.4 Å². The molecule has 0 aromatic carbocycles. The van der Waals surface area contributed by atoms with Crippen molar-refractivity contribution in [2.24, 2.45) is 4.99 Å². The molecule has 0 radical (unpaired) electrons. The Kier molecular flexibility index (Phi) is 6.49. The minimum Gasteiger partial charge on any atom is -0.364 e. The third-order valence-corrected chi connectivity index (χ3v) is 4.98. The molecule has 0 saturated carbocycles. The van der Waals surface area contributed by atoms with Gasteiger partial charge in [-0.3, -0.25) is 9.89 Å². The molecule has 2 aromatic rings. The standard InChI is InChI=1S/C19H30N6O2/c1-5-20-19(21-12-14(2)18-15(3)22-27-16(18)4)25-9-7-24(8-10-25)13-17-6-11-26-23-17/h6,11,14H,5,7-10,12-13H2,1-4H3,(H,20,21). The van der Waals surface area contributed by atoms with Gasteiger partial charge in [-0.2, -0.15) is 0 Å². The van der Waals surface area contributed by atoms with Crippen LogP contribution < -0.4 is 5.32 Å². The van der Waals surface area contributed by atoms with Crippen LogP contribution in [-0.4, -0.2) is 65.3 Å². The van der Waals surface area contributed by atoms with Crippen LogP contribution in [0.25, 0.3) is 0 Å². The maximum Gasteiger partial charge on any atom is 0.194 e. The Morgan fingerprint density at radius 2 is 2.04 bits per heavy atom. The summed E-state index contributed by atoms with van der Waals surface area (Å²) in [6, 6.07) is 1.92. The normalized spacial score (nSPS) is 17.3. The van der Waals surface area contributed by atoms with Gasteiger partial charge in [-0.1, -0.05) is 17.2 Å². The van der Waals surface area contributed by atoms with E-state index in [1.54, 1.807) is 6.26 Å². The smallest absolute Gasteiger partial charge is 0.194 e. The Morgan fingerprint density at radius 1 is 1.26 bits per heavy atom. The first-order valence-electron chi connectivity index (χ1n) is 9.66. The average Bonchev–Trinajstić information content (AvgIpc) is 3.29. The fourth-order valence-electron chi connectivity index (χ4n) is 3.60. The summed E-state index contributed by atoms with van der Waals surface area (Å²) in [6.07, 6.45) is 1.63. The molecule has 1 N–H and O–H groups in total. The van der Waals surface area contributed by atoms with Crippen molar-refractivity contribution in [3.63, 3.8) is 0 Å². The van der Waals surface area contributed by atoms with Crippen molar-refractivity contribution in [3.8, 4) is 0 Å².